The van der Waals surface area contributed by atoms with Crippen molar-refractivity contribution in [2.24, 2.45) is 4.99 Å². The predicted molar refractivity (Wildman–Crippen MR) is 126 cm³/mol. The van der Waals surface area contributed by atoms with Crippen LogP contribution >= 0.6 is 27.3 Å². The summed E-state index contributed by atoms with van der Waals surface area (Å²) >= 11 is 4.71. The Bertz CT molecular complexity index is 1160. The zero-order valence-electron chi connectivity index (χ0n) is 18.1. The number of carboxylic acid groups (broad SMARTS) is 1. The van der Waals surface area contributed by atoms with E-state index in [-0.39, 0.29) is 31.7 Å². The Labute approximate surface area is 207 Å². The van der Waals surface area contributed by atoms with Crippen molar-refractivity contribution in [1.82, 2.24) is 15.2 Å². The summed E-state index contributed by atoms with van der Waals surface area (Å²) in [5.74, 6) is -1.74. The summed E-state index contributed by atoms with van der Waals surface area (Å²) in [5.41, 5.74) is 1.11. The van der Waals surface area contributed by atoms with Crippen LogP contribution in [0.5, 0.6) is 0 Å². The van der Waals surface area contributed by atoms with Crippen molar-refractivity contribution < 1.29 is 28.9 Å². The van der Waals surface area contributed by atoms with Gasteiger partial charge in [-0.05, 0) is 24.6 Å². The molecule has 0 bridgehead atoms. The van der Waals surface area contributed by atoms with Crippen LogP contribution in [0.1, 0.15) is 30.0 Å². The number of likely N-dealkylation sites (tertiary alicyclic amines) is 1. The number of β-amino-alcohol motifs (C(OH)–C–C–N with tert-alkyl or cyclic N) is 1. The molecular formula is C22H22BrFN4O5S. The fourth-order valence-electron chi connectivity index (χ4n) is 4.08. The molecule has 0 amide bonds. The summed E-state index contributed by atoms with van der Waals surface area (Å²) in [4.78, 5) is 35.5. The highest BCUT2D eigenvalue weighted by Gasteiger charge is 2.39. The molecule has 9 nitrogen and oxygen atoms in total. The quantitative estimate of drug-likeness (QED) is 0.447. The van der Waals surface area contributed by atoms with E-state index in [0.717, 1.165) is 0 Å². The SMILES string of the molecule is CCOC(=O)C1=C(CN2CC(O)CC2C(=O)O)NC(c2nccs2)=NC1c1ccc(F)cc1Br. The number of carbonyl (C=O) groups excluding carboxylic acids is 1. The van der Waals surface area contributed by atoms with Gasteiger partial charge in [-0.2, -0.15) is 0 Å². The monoisotopic (exact) mass is 552 g/mol. The van der Waals surface area contributed by atoms with Crippen LogP contribution < -0.4 is 5.32 Å². The lowest BCUT2D eigenvalue weighted by Gasteiger charge is -2.30. The number of carbonyl (C=O) groups is 2. The molecule has 3 heterocycles. The number of ether oxygens (including phenoxy) is 1. The maximum Gasteiger partial charge on any atom is 0.338 e. The number of hydrogen-bond donors (Lipinski definition) is 3. The van der Waals surface area contributed by atoms with Gasteiger partial charge in [0.05, 0.1) is 18.3 Å². The van der Waals surface area contributed by atoms with E-state index >= 15 is 0 Å². The van der Waals surface area contributed by atoms with Gasteiger partial charge in [0.15, 0.2) is 10.8 Å². The van der Waals surface area contributed by atoms with Gasteiger partial charge in [0.25, 0.3) is 0 Å². The molecule has 2 aliphatic heterocycles. The molecule has 2 aliphatic rings. The van der Waals surface area contributed by atoms with Gasteiger partial charge in [-0.3, -0.25) is 14.7 Å². The average molecular weight is 553 g/mol. The van der Waals surface area contributed by atoms with Gasteiger partial charge in [0.1, 0.15) is 17.9 Å². The number of esters is 1. The molecule has 3 unspecified atom stereocenters. The van der Waals surface area contributed by atoms with E-state index < -0.39 is 35.9 Å². The van der Waals surface area contributed by atoms with Gasteiger partial charge in [-0.15, -0.1) is 11.3 Å². The standard InChI is InChI=1S/C22H22BrFN4O5S/c1-2-33-22(32)17-15(10-28-9-12(29)8-16(28)21(30)31)26-19(20-25-5-6-34-20)27-18(17)13-4-3-11(24)7-14(13)23/h3-7,12,16,18,29H,2,8-10H2,1H3,(H,26,27)(H,30,31). The fraction of sp³-hybridized carbons (Fsp3) is 0.364. The molecule has 12 heteroatoms. The molecule has 4 rings (SSSR count). The Balaban J connectivity index is 1.84. The molecule has 1 fully saturated rings. The van der Waals surface area contributed by atoms with Crippen molar-refractivity contribution in [2.45, 2.75) is 31.5 Å². The number of carboxylic acids is 1. The summed E-state index contributed by atoms with van der Waals surface area (Å²) < 4.78 is 19.6. The number of halogens is 2. The minimum Gasteiger partial charge on any atom is -0.480 e. The van der Waals surface area contributed by atoms with E-state index in [1.807, 2.05) is 0 Å². The third-order valence-corrected chi connectivity index (χ3v) is 7.01. The molecule has 0 saturated carbocycles. The van der Waals surface area contributed by atoms with Crippen LogP contribution in [0.4, 0.5) is 4.39 Å². The number of benzene rings is 1. The van der Waals surface area contributed by atoms with Crippen LogP contribution in [0.15, 0.2) is 50.5 Å². The molecule has 0 radical (unpaired) electrons. The largest absolute Gasteiger partial charge is 0.480 e. The number of nitrogens with one attached hydrogen (secondary N) is 1. The van der Waals surface area contributed by atoms with Crippen LogP contribution in [-0.4, -0.2) is 69.7 Å². The smallest absolute Gasteiger partial charge is 0.338 e. The Morgan fingerprint density at radius 3 is 2.85 bits per heavy atom. The number of hydrogen-bond acceptors (Lipinski definition) is 9. The highest BCUT2D eigenvalue weighted by Crippen LogP contribution is 2.37. The van der Waals surface area contributed by atoms with E-state index in [1.54, 1.807) is 23.4 Å². The van der Waals surface area contributed by atoms with Gasteiger partial charge in [0, 0.05) is 41.3 Å². The number of aromatic nitrogens is 1. The molecule has 34 heavy (non-hydrogen) atoms. The first-order valence-electron chi connectivity index (χ1n) is 10.5. The van der Waals surface area contributed by atoms with Gasteiger partial charge in [0.2, 0.25) is 0 Å². The zero-order chi connectivity index (χ0) is 24.4. The van der Waals surface area contributed by atoms with Gasteiger partial charge >= 0.3 is 11.9 Å². The van der Waals surface area contributed by atoms with E-state index in [0.29, 0.717) is 26.6 Å². The molecule has 1 aromatic heterocycles. The Morgan fingerprint density at radius 1 is 1.41 bits per heavy atom. The number of rotatable bonds is 7. The number of nitrogens with zero attached hydrogens (tertiary/aromatic N) is 3. The molecular weight excluding hydrogens is 531 g/mol. The maximum absolute atomic E-state index is 13.8. The summed E-state index contributed by atoms with van der Waals surface area (Å²) in [6.07, 6.45) is 0.900. The molecule has 3 atom stereocenters. The number of aliphatic hydroxyl groups is 1. The number of amidine groups is 1. The second kappa shape index (κ2) is 10.3. The fourth-order valence-corrected chi connectivity index (χ4v) is 5.24. The lowest BCUT2D eigenvalue weighted by molar-refractivity contribution is -0.142. The number of aliphatic carboxylic acids is 1. The molecule has 2 aromatic rings. The third-order valence-electron chi connectivity index (χ3n) is 5.54. The van der Waals surface area contributed by atoms with Crippen molar-refractivity contribution in [3.05, 3.63) is 61.9 Å². The normalized spacial score (nSPS) is 22.9. The van der Waals surface area contributed by atoms with Crippen LogP contribution in [0.3, 0.4) is 0 Å². The lowest BCUT2D eigenvalue weighted by Crippen LogP contribution is -2.43. The number of thiazole rings is 1. The lowest BCUT2D eigenvalue weighted by atomic mass is 9.95. The second-order valence-corrected chi connectivity index (χ2v) is 9.54. The maximum atomic E-state index is 13.8. The topological polar surface area (TPSA) is 124 Å². The minimum absolute atomic E-state index is 0.0296. The third kappa shape index (κ3) is 5.04. The van der Waals surface area contributed by atoms with Crippen LogP contribution in [0.25, 0.3) is 0 Å². The van der Waals surface area contributed by atoms with Gasteiger partial charge in [-0.1, -0.05) is 22.0 Å². The van der Waals surface area contributed by atoms with E-state index in [4.69, 9.17) is 9.73 Å². The molecule has 1 saturated heterocycles. The minimum atomic E-state index is -1.06. The summed E-state index contributed by atoms with van der Waals surface area (Å²) in [6.45, 7) is 1.96. The zero-order valence-corrected chi connectivity index (χ0v) is 20.5. The first kappa shape index (κ1) is 24.5. The summed E-state index contributed by atoms with van der Waals surface area (Å²) in [6, 6.07) is 2.33. The van der Waals surface area contributed by atoms with Crippen LogP contribution in [0, 0.1) is 5.82 Å². The average Bonchev–Trinajstić information content (AvgIpc) is 3.43. The van der Waals surface area contributed by atoms with Crippen molar-refractivity contribution in [3.63, 3.8) is 0 Å². The van der Waals surface area contributed by atoms with Crippen molar-refractivity contribution in [2.75, 3.05) is 19.7 Å². The summed E-state index contributed by atoms with van der Waals surface area (Å²) in [5, 5.41) is 25.2. The van der Waals surface area contributed by atoms with E-state index in [1.165, 1.54) is 29.5 Å². The Kier molecular flexibility index (Phi) is 7.41. The molecule has 3 N–H and O–H groups in total. The van der Waals surface area contributed by atoms with Gasteiger partial charge < -0.3 is 20.3 Å². The van der Waals surface area contributed by atoms with Crippen LogP contribution in [-0.2, 0) is 14.3 Å². The number of aliphatic hydroxyl groups excluding tert-OH is 1. The van der Waals surface area contributed by atoms with Crippen molar-refractivity contribution in [1.29, 1.82) is 0 Å². The van der Waals surface area contributed by atoms with E-state index in [2.05, 4.69) is 26.2 Å². The van der Waals surface area contributed by atoms with Crippen LogP contribution in [0.2, 0.25) is 0 Å². The highest BCUT2D eigenvalue weighted by molar-refractivity contribution is 9.10. The van der Waals surface area contributed by atoms with Crippen molar-refractivity contribution in [3.8, 4) is 0 Å². The Morgan fingerprint density at radius 2 is 2.21 bits per heavy atom. The molecule has 0 spiro atoms. The molecule has 1 aromatic carbocycles. The first-order chi connectivity index (χ1) is 16.3. The first-order valence-corrected chi connectivity index (χ1v) is 12.2. The molecule has 0 aliphatic carbocycles. The van der Waals surface area contributed by atoms with Gasteiger partial charge in [-0.25, -0.2) is 14.2 Å². The number of aliphatic imine (C=N–C) groups is 1. The molecule has 180 valence electrons. The Hall–Kier alpha value is -2.67. The summed E-state index contributed by atoms with van der Waals surface area (Å²) in [7, 11) is 0. The second-order valence-electron chi connectivity index (χ2n) is 7.79. The highest BCUT2D eigenvalue weighted by atomic mass is 79.9. The predicted octanol–water partition coefficient (Wildman–Crippen LogP) is 2.47. The van der Waals surface area contributed by atoms with E-state index in [9.17, 15) is 24.2 Å². The van der Waals surface area contributed by atoms with Crippen molar-refractivity contribution >= 4 is 45.0 Å².